The van der Waals surface area contributed by atoms with E-state index in [2.05, 4.69) is 76.1 Å². The zero-order valence-corrected chi connectivity index (χ0v) is 17.6. The Morgan fingerprint density at radius 3 is 2.07 bits per heavy atom. The van der Waals surface area contributed by atoms with Crippen LogP contribution in [0.5, 0.6) is 0 Å². The van der Waals surface area contributed by atoms with E-state index in [1.54, 1.807) is 11.1 Å². The predicted molar refractivity (Wildman–Crippen MR) is 117 cm³/mol. The fourth-order valence-corrected chi connectivity index (χ4v) is 4.98. The summed E-state index contributed by atoms with van der Waals surface area (Å²) in [4.78, 5) is 2.46. The molecule has 2 aromatic carbocycles. The van der Waals surface area contributed by atoms with Crippen molar-refractivity contribution in [2.75, 3.05) is 11.4 Å². The summed E-state index contributed by atoms with van der Waals surface area (Å²) in [5.74, 6) is 1.50. The van der Waals surface area contributed by atoms with Crippen LogP contribution in [-0.2, 0) is 6.42 Å². The van der Waals surface area contributed by atoms with E-state index in [1.807, 2.05) is 0 Å². The summed E-state index contributed by atoms with van der Waals surface area (Å²) in [6, 6.07) is 9.51. The topological polar surface area (TPSA) is 3.24 Å². The summed E-state index contributed by atoms with van der Waals surface area (Å²) in [6.45, 7) is 12.4. The molecule has 1 atom stereocenters. The fourth-order valence-electron chi connectivity index (χ4n) is 4.98. The van der Waals surface area contributed by atoms with Crippen molar-refractivity contribution < 1.29 is 0 Å². The smallest absolute Gasteiger partial charge is 0.0465 e. The lowest BCUT2D eigenvalue weighted by atomic mass is 9.91. The first kappa shape index (κ1) is 18.3. The summed E-state index contributed by atoms with van der Waals surface area (Å²) < 4.78 is 0. The molecule has 0 bridgehead atoms. The van der Waals surface area contributed by atoms with Crippen molar-refractivity contribution in [3.63, 3.8) is 0 Å². The second-order valence-electron chi connectivity index (χ2n) is 8.95. The standard InChI is InChI=1S/C26H33N/c1-17-12-20(4)26(21(5)13-17)27-11-10-22(16-27)6-9-25-18(2)14-24(15-19(25)3)23-7-8-23/h10-15,22-23H,6-9,16H2,1-5H3. The van der Waals surface area contributed by atoms with Gasteiger partial charge in [-0.3, -0.25) is 0 Å². The first-order valence-corrected chi connectivity index (χ1v) is 10.5. The SMILES string of the molecule is Cc1cc(C)c(N2C=CC(CCc3c(C)cc(C4CC4)cc3C)C2)c(C)c1. The molecular weight excluding hydrogens is 326 g/mol. The zero-order chi connectivity index (χ0) is 19.1. The molecule has 2 aromatic rings. The molecule has 4 rings (SSSR count). The average molecular weight is 360 g/mol. The molecule has 1 heteroatoms. The minimum absolute atomic E-state index is 0.645. The highest BCUT2D eigenvalue weighted by molar-refractivity contribution is 5.63. The number of hydrogen-bond acceptors (Lipinski definition) is 1. The molecule has 1 aliphatic heterocycles. The summed E-state index contributed by atoms with van der Waals surface area (Å²) in [7, 11) is 0. The third-order valence-electron chi connectivity index (χ3n) is 6.42. The second-order valence-corrected chi connectivity index (χ2v) is 8.95. The first-order chi connectivity index (χ1) is 12.9. The van der Waals surface area contributed by atoms with Crippen LogP contribution in [0.4, 0.5) is 5.69 Å². The molecule has 0 aromatic heterocycles. The van der Waals surface area contributed by atoms with Gasteiger partial charge in [0, 0.05) is 18.4 Å². The van der Waals surface area contributed by atoms with E-state index in [9.17, 15) is 0 Å². The molecule has 1 saturated carbocycles. The lowest BCUT2D eigenvalue weighted by molar-refractivity contribution is 0.616. The van der Waals surface area contributed by atoms with Crippen LogP contribution in [0.1, 0.15) is 64.1 Å². The van der Waals surface area contributed by atoms with Crippen LogP contribution in [0.3, 0.4) is 0 Å². The molecular formula is C26H33N. The van der Waals surface area contributed by atoms with E-state index < -0.39 is 0 Å². The Labute approximate surface area is 165 Å². The molecule has 1 unspecified atom stereocenters. The van der Waals surface area contributed by atoms with E-state index in [4.69, 9.17) is 0 Å². The molecule has 142 valence electrons. The monoisotopic (exact) mass is 359 g/mol. The number of rotatable bonds is 5. The third kappa shape index (κ3) is 3.83. The minimum Gasteiger partial charge on any atom is -0.347 e. The molecule has 1 heterocycles. The van der Waals surface area contributed by atoms with Gasteiger partial charge in [-0.25, -0.2) is 0 Å². The van der Waals surface area contributed by atoms with Crippen molar-refractivity contribution in [1.29, 1.82) is 0 Å². The van der Waals surface area contributed by atoms with Gasteiger partial charge in [0.2, 0.25) is 0 Å². The first-order valence-electron chi connectivity index (χ1n) is 10.5. The van der Waals surface area contributed by atoms with Gasteiger partial charge < -0.3 is 4.90 Å². The van der Waals surface area contributed by atoms with E-state index in [0.29, 0.717) is 5.92 Å². The van der Waals surface area contributed by atoms with Crippen molar-refractivity contribution in [2.45, 2.75) is 66.2 Å². The van der Waals surface area contributed by atoms with Crippen LogP contribution >= 0.6 is 0 Å². The number of aryl methyl sites for hydroxylation is 5. The van der Waals surface area contributed by atoms with Gasteiger partial charge in [0.1, 0.15) is 0 Å². The third-order valence-corrected chi connectivity index (χ3v) is 6.42. The van der Waals surface area contributed by atoms with Crippen molar-refractivity contribution in [3.8, 4) is 0 Å². The van der Waals surface area contributed by atoms with Crippen LogP contribution in [0, 0.1) is 40.5 Å². The maximum absolute atomic E-state index is 2.46. The summed E-state index contributed by atoms with van der Waals surface area (Å²) in [5.41, 5.74) is 11.7. The Kier molecular flexibility index (Phi) is 4.88. The van der Waals surface area contributed by atoms with Gasteiger partial charge in [-0.1, -0.05) is 35.9 Å². The highest BCUT2D eigenvalue weighted by atomic mass is 15.1. The number of anilines is 1. The Balaban J connectivity index is 1.42. The normalized spacial score (nSPS) is 19.1. The Morgan fingerprint density at radius 2 is 1.48 bits per heavy atom. The molecule has 1 nitrogen and oxygen atoms in total. The zero-order valence-electron chi connectivity index (χ0n) is 17.6. The Hall–Kier alpha value is -2.02. The van der Waals surface area contributed by atoms with E-state index in [-0.39, 0.29) is 0 Å². The Morgan fingerprint density at radius 1 is 0.852 bits per heavy atom. The molecule has 27 heavy (non-hydrogen) atoms. The predicted octanol–water partition coefficient (Wildman–Crippen LogP) is 6.69. The minimum atomic E-state index is 0.645. The average Bonchev–Trinajstić information content (AvgIpc) is 3.33. The Bertz CT molecular complexity index is 839. The number of hydrogen-bond donors (Lipinski definition) is 0. The van der Waals surface area contributed by atoms with Gasteiger partial charge in [0.15, 0.2) is 0 Å². The van der Waals surface area contributed by atoms with Crippen LogP contribution in [0.2, 0.25) is 0 Å². The van der Waals surface area contributed by atoms with Crippen molar-refractivity contribution in [2.24, 2.45) is 5.92 Å². The highest BCUT2D eigenvalue weighted by Gasteiger charge is 2.25. The largest absolute Gasteiger partial charge is 0.347 e. The fraction of sp³-hybridized carbons (Fsp3) is 0.462. The highest BCUT2D eigenvalue weighted by Crippen LogP contribution is 2.41. The van der Waals surface area contributed by atoms with Crippen LogP contribution in [-0.4, -0.2) is 6.54 Å². The molecule has 1 aliphatic carbocycles. The van der Waals surface area contributed by atoms with Crippen molar-refractivity contribution in [3.05, 3.63) is 75.5 Å². The molecule has 0 radical (unpaired) electrons. The van der Waals surface area contributed by atoms with E-state index in [1.165, 1.54) is 59.2 Å². The maximum Gasteiger partial charge on any atom is 0.0465 e. The van der Waals surface area contributed by atoms with E-state index >= 15 is 0 Å². The second kappa shape index (κ2) is 7.19. The molecule has 2 aliphatic rings. The maximum atomic E-state index is 2.46. The molecule has 1 fully saturated rings. The summed E-state index contributed by atoms with van der Waals surface area (Å²) in [5, 5.41) is 0. The van der Waals surface area contributed by atoms with Gasteiger partial charge >= 0.3 is 0 Å². The lowest BCUT2D eigenvalue weighted by Crippen LogP contribution is -2.19. The van der Waals surface area contributed by atoms with Crippen LogP contribution in [0.15, 0.2) is 36.5 Å². The lowest BCUT2D eigenvalue weighted by Gasteiger charge is -2.23. The number of benzene rings is 2. The van der Waals surface area contributed by atoms with Gasteiger partial charge in [-0.2, -0.15) is 0 Å². The van der Waals surface area contributed by atoms with Gasteiger partial charge in [0.25, 0.3) is 0 Å². The molecule has 0 N–H and O–H groups in total. The van der Waals surface area contributed by atoms with Crippen LogP contribution < -0.4 is 4.90 Å². The van der Waals surface area contributed by atoms with E-state index in [0.717, 1.165) is 12.5 Å². The van der Waals surface area contributed by atoms with Gasteiger partial charge in [-0.15, -0.1) is 0 Å². The molecule has 0 amide bonds. The summed E-state index contributed by atoms with van der Waals surface area (Å²) >= 11 is 0. The summed E-state index contributed by atoms with van der Waals surface area (Å²) in [6.07, 6.45) is 9.93. The van der Waals surface area contributed by atoms with Crippen molar-refractivity contribution in [1.82, 2.24) is 0 Å². The number of nitrogens with zero attached hydrogens (tertiary/aromatic N) is 1. The quantitative estimate of drug-likeness (QED) is 0.575. The van der Waals surface area contributed by atoms with Gasteiger partial charge in [0.05, 0.1) is 0 Å². The van der Waals surface area contributed by atoms with Crippen molar-refractivity contribution >= 4 is 5.69 Å². The van der Waals surface area contributed by atoms with Crippen LogP contribution in [0.25, 0.3) is 0 Å². The molecule has 0 spiro atoms. The molecule has 0 saturated heterocycles. The van der Waals surface area contributed by atoms with Gasteiger partial charge in [-0.05, 0) is 106 Å².